The normalized spacial score (nSPS) is 12.9. The fourth-order valence-electron chi connectivity index (χ4n) is 1.62. The van der Waals surface area contributed by atoms with E-state index in [4.69, 9.17) is 5.11 Å². The van der Waals surface area contributed by atoms with Crippen LogP contribution in [0.5, 0.6) is 0 Å². The van der Waals surface area contributed by atoms with Crippen molar-refractivity contribution in [3.05, 3.63) is 11.3 Å². The number of carbonyl (C=O) groups is 1. The van der Waals surface area contributed by atoms with Crippen LogP contribution in [0.4, 0.5) is 0 Å². The molecule has 0 saturated carbocycles. The molecule has 0 aromatic carbocycles. The van der Waals surface area contributed by atoms with E-state index < -0.39 is 26.6 Å². The number of aliphatic hydroxyl groups is 1. The monoisotopic (exact) mass is 291 g/mol. The highest BCUT2D eigenvalue weighted by molar-refractivity contribution is 7.89. The van der Waals surface area contributed by atoms with Gasteiger partial charge in [-0.1, -0.05) is 0 Å². The highest BCUT2D eigenvalue weighted by Gasteiger charge is 2.33. The Labute approximate surface area is 111 Å². The third-order valence-electron chi connectivity index (χ3n) is 2.39. The molecule has 8 nitrogen and oxygen atoms in total. The zero-order chi connectivity index (χ0) is 15.0. The van der Waals surface area contributed by atoms with Crippen molar-refractivity contribution in [3.63, 3.8) is 0 Å². The Morgan fingerprint density at radius 1 is 1.47 bits per heavy atom. The SMILES string of the molecule is Cc1[nH]nc(S(=O)(=O)N(C)CC(C)(C)O)c1C(=O)O. The smallest absolute Gasteiger partial charge is 0.340 e. The number of aromatic carboxylic acids is 1. The quantitative estimate of drug-likeness (QED) is 0.690. The van der Waals surface area contributed by atoms with Gasteiger partial charge >= 0.3 is 5.97 Å². The van der Waals surface area contributed by atoms with E-state index in [2.05, 4.69) is 10.2 Å². The molecule has 1 aromatic heterocycles. The third-order valence-corrected chi connectivity index (χ3v) is 4.13. The van der Waals surface area contributed by atoms with E-state index in [0.29, 0.717) is 0 Å². The average molecular weight is 291 g/mol. The van der Waals surface area contributed by atoms with E-state index in [1.165, 1.54) is 27.8 Å². The van der Waals surface area contributed by atoms with Crippen molar-refractivity contribution in [2.75, 3.05) is 13.6 Å². The highest BCUT2D eigenvalue weighted by Crippen LogP contribution is 2.20. The minimum atomic E-state index is -4.08. The lowest BCUT2D eigenvalue weighted by Gasteiger charge is -2.24. The predicted molar refractivity (Wildman–Crippen MR) is 66.4 cm³/mol. The topological polar surface area (TPSA) is 124 Å². The summed E-state index contributed by atoms with van der Waals surface area (Å²) in [5.74, 6) is -1.37. The Kier molecular flexibility index (Phi) is 4.03. The molecule has 19 heavy (non-hydrogen) atoms. The molecule has 3 N–H and O–H groups in total. The number of H-pyrrole nitrogens is 1. The standard InChI is InChI=1S/C10H17N3O5S/c1-6-7(9(14)15)8(12-11-6)19(17,18)13(4)5-10(2,3)16/h16H,5H2,1-4H3,(H,11,12)(H,14,15). The molecule has 0 saturated heterocycles. The van der Waals surface area contributed by atoms with Crippen LogP contribution < -0.4 is 0 Å². The van der Waals surface area contributed by atoms with Crippen LogP contribution in [0, 0.1) is 6.92 Å². The Morgan fingerprint density at radius 2 is 2.00 bits per heavy atom. The first-order valence-electron chi connectivity index (χ1n) is 5.44. The summed E-state index contributed by atoms with van der Waals surface area (Å²) in [5, 5.41) is 24.0. The van der Waals surface area contributed by atoms with Crippen LogP contribution >= 0.6 is 0 Å². The zero-order valence-electron chi connectivity index (χ0n) is 11.1. The molecule has 0 amide bonds. The van der Waals surface area contributed by atoms with Gasteiger partial charge in [-0.2, -0.15) is 9.40 Å². The molecule has 108 valence electrons. The van der Waals surface area contributed by atoms with E-state index in [9.17, 15) is 18.3 Å². The van der Waals surface area contributed by atoms with Gasteiger partial charge < -0.3 is 10.2 Å². The molecule has 0 aliphatic heterocycles. The lowest BCUT2D eigenvalue weighted by Crippen LogP contribution is -2.40. The maximum Gasteiger partial charge on any atom is 0.340 e. The third kappa shape index (κ3) is 3.31. The molecule has 0 unspecified atom stereocenters. The van der Waals surface area contributed by atoms with Gasteiger partial charge in [-0.15, -0.1) is 0 Å². The molecular weight excluding hydrogens is 274 g/mol. The molecule has 9 heteroatoms. The maximum absolute atomic E-state index is 12.2. The van der Waals surface area contributed by atoms with E-state index in [1.54, 1.807) is 0 Å². The minimum absolute atomic E-state index is 0.155. The molecule has 1 rings (SSSR count). The number of nitrogens with zero attached hydrogens (tertiary/aromatic N) is 2. The van der Waals surface area contributed by atoms with E-state index >= 15 is 0 Å². The second kappa shape index (κ2) is 4.91. The number of aromatic nitrogens is 2. The number of carboxylic acid groups (broad SMARTS) is 1. The number of likely N-dealkylation sites (N-methyl/N-ethyl adjacent to an activating group) is 1. The first-order valence-corrected chi connectivity index (χ1v) is 6.88. The Hall–Kier alpha value is -1.45. The van der Waals surface area contributed by atoms with Crippen LogP contribution in [0.25, 0.3) is 0 Å². The number of nitrogens with one attached hydrogen (secondary N) is 1. The summed E-state index contributed by atoms with van der Waals surface area (Å²) < 4.78 is 25.3. The van der Waals surface area contributed by atoms with Crippen molar-refractivity contribution in [1.82, 2.24) is 14.5 Å². The minimum Gasteiger partial charge on any atom is -0.478 e. The summed E-state index contributed by atoms with van der Waals surface area (Å²) in [4.78, 5) is 11.1. The van der Waals surface area contributed by atoms with Crippen LogP contribution in [-0.2, 0) is 10.0 Å². The van der Waals surface area contributed by atoms with Crippen molar-refractivity contribution >= 4 is 16.0 Å². The zero-order valence-corrected chi connectivity index (χ0v) is 11.9. The molecule has 0 bridgehead atoms. The van der Waals surface area contributed by atoms with Gasteiger partial charge in [0.2, 0.25) is 5.03 Å². The van der Waals surface area contributed by atoms with Gasteiger partial charge in [0.05, 0.1) is 5.60 Å². The Balaban J connectivity index is 3.25. The molecular formula is C10H17N3O5S. The number of carboxylic acids is 1. The number of aromatic amines is 1. The van der Waals surface area contributed by atoms with Gasteiger partial charge in [0, 0.05) is 19.3 Å². The van der Waals surface area contributed by atoms with Gasteiger partial charge in [-0.25, -0.2) is 13.2 Å². The fraction of sp³-hybridized carbons (Fsp3) is 0.600. The first kappa shape index (κ1) is 15.6. The van der Waals surface area contributed by atoms with Gasteiger partial charge in [-0.3, -0.25) is 5.10 Å². The van der Waals surface area contributed by atoms with E-state index in [0.717, 1.165) is 4.31 Å². The molecule has 0 atom stereocenters. The Bertz CT molecular complexity index is 585. The van der Waals surface area contributed by atoms with Crippen LogP contribution in [-0.4, -0.2) is 58.3 Å². The summed E-state index contributed by atoms with van der Waals surface area (Å²) >= 11 is 0. The number of hydrogen-bond acceptors (Lipinski definition) is 5. The van der Waals surface area contributed by atoms with Crippen LogP contribution in [0.2, 0.25) is 0 Å². The van der Waals surface area contributed by atoms with E-state index in [1.807, 2.05) is 0 Å². The second-order valence-electron chi connectivity index (χ2n) is 4.91. The van der Waals surface area contributed by atoms with Gasteiger partial charge in [0.15, 0.2) is 0 Å². The fourth-order valence-corrected chi connectivity index (χ4v) is 3.06. The molecule has 0 spiro atoms. The molecule has 0 fully saturated rings. The van der Waals surface area contributed by atoms with Crippen molar-refractivity contribution in [2.24, 2.45) is 0 Å². The number of sulfonamides is 1. The average Bonchev–Trinajstić information content (AvgIpc) is 2.57. The summed E-state index contributed by atoms with van der Waals surface area (Å²) in [6.07, 6.45) is 0. The summed E-state index contributed by atoms with van der Waals surface area (Å²) in [7, 11) is -2.82. The summed E-state index contributed by atoms with van der Waals surface area (Å²) in [5.41, 5.74) is -1.47. The molecule has 0 aliphatic carbocycles. The molecule has 0 radical (unpaired) electrons. The van der Waals surface area contributed by atoms with Gasteiger partial charge in [-0.05, 0) is 20.8 Å². The summed E-state index contributed by atoms with van der Waals surface area (Å²) in [6.45, 7) is 4.14. The Morgan fingerprint density at radius 3 is 2.42 bits per heavy atom. The largest absolute Gasteiger partial charge is 0.478 e. The second-order valence-corrected chi connectivity index (χ2v) is 6.87. The maximum atomic E-state index is 12.2. The van der Waals surface area contributed by atoms with Gasteiger partial charge in [0.25, 0.3) is 10.0 Å². The first-order chi connectivity index (χ1) is 8.47. The van der Waals surface area contributed by atoms with Crippen LogP contribution in [0.3, 0.4) is 0 Å². The molecule has 0 aliphatic rings. The number of hydrogen-bond donors (Lipinski definition) is 3. The van der Waals surface area contributed by atoms with Crippen molar-refractivity contribution in [3.8, 4) is 0 Å². The van der Waals surface area contributed by atoms with Crippen molar-refractivity contribution in [2.45, 2.75) is 31.4 Å². The van der Waals surface area contributed by atoms with Crippen molar-refractivity contribution in [1.29, 1.82) is 0 Å². The number of rotatable bonds is 5. The lowest BCUT2D eigenvalue weighted by molar-refractivity contribution is 0.0639. The lowest BCUT2D eigenvalue weighted by atomic mass is 10.1. The molecule has 1 heterocycles. The van der Waals surface area contributed by atoms with Gasteiger partial charge in [0.1, 0.15) is 5.56 Å². The van der Waals surface area contributed by atoms with E-state index in [-0.39, 0.29) is 17.8 Å². The predicted octanol–water partition coefficient (Wildman–Crippen LogP) is -0.192. The van der Waals surface area contributed by atoms with Crippen LogP contribution in [0.1, 0.15) is 29.9 Å². The molecule has 1 aromatic rings. The number of aryl methyl sites for hydroxylation is 1. The summed E-state index contributed by atoms with van der Waals surface area (Å²) in [6, 6.07) is 0. The van der Waals surface area contributed by atoms with Crippen LogP contribution in [0.15, 0.2) is 5.03 Å². The highest BCUT2D eigenvalue weighted by atomic mass is 32.2. The van der Waals surface area contributed by atoms with Crippen molar-refractivity contribution < 1.29 is 23.4 Å².